The van der Waals surface area contributed by atoms with Gasteiger partial charge in [-0.1, -0.05) is 12.1 Å². The monoisotopic (exact) mass is 347 g/mol. The molecule has 0 saturated carbocycles. The second kappa shape index (κ2) is 6.29. The molecule has 0 fully saturated rings. The Morgan fingerprint density at radius 1 is 1.15 bits per heavy atom. The average molecular weight is 347 g/mol. The lowest BCUT2D eigenvalue weighted by atomic mass is 10.0. The molecular weight excluding hydrogens is 326 g/mol. The predicted molar refractivity (Wildman–Crippen MR) is 106 cm³/mol. The molecule has 132 valence electrons. The maximum Gasteiger partial charge on any atom is 0.260 e. The zero-order valence-electron chi connectivity index (χ0n) is 15.1. The van der Waals surface area contributed by atoms with Crippen molar-refractivity contribution in [3.05, 3.63) is 52.6 Å². The van der Waals surface area contributed by atoms with Gasteiger partial charge in [0.15, 0.2) is 0 Å². The van der Waals surface area contributed by atoms with Crippen LogP contribution in [0.15, 0.2) is 41.3 Å². The van der Waals surface area contributed by atoms with Crippen LogP contribution in [0.4, 0.5) is 5.95 Å². The van der Waals surface area contributed by atoms with Crippen molar-refractivity contribution < 1.29 is 0 Å². The van der Waals surface area contributed by atoms with Gasteiger partial charge in [0.25, 0.3) is 5.56 Å². The van der Waals surface area contributed by atoms with Crippen molar-refractivity contribution in [2.24, 2.45) is 0 Å². The van der Waals surface area contributed by atoms with Crippen molar-refractivity contribution in [2.45, 2.75) is 27.3 Å². The first kappa shape index (κ1) is 16.3. The predicted octanol–water partition coefficient (Wildman–Crippen LogP) is 3.70. The minimum atomic E-state index is -0.0357. The number of aromatic amines is 1. The Kier molecular flexibility index (Phi) is 3.95. The molecule has 0 aliphatic heterocycles. The van der Waals surface area contributed by atoms with E-state index in [1.165, 1.54) is 0 Å². The van der Waals surface area contributed by atoms with Gasteiger partial charge in [0.1, 0.15) is 5.65 Å². The number of H-pyrrole nitrogens is 1. The Hall–Kier alpha value is -3.15. The summed E-state index contributed by atoms with van der Waals surface area (Å²) in [5.41, 5.74) is 4.07. The van der Waals surface area contributed by atoms with Gasteiger partial charge in [0.05, 0.1) is 5.69 Å². The number of hydrogen-bond acceptors (Lipinski definition) is 4. The smallest absolute Gasteiger partial charge is 0.260 e. The van der Waals surface area contributed by atoms with Crippen LogP contribution in [0.5, 0.6) is 0 Å². The molecular formula is C20H21N5O. The molecule has 26 heavy (non-hydrogen) atoms. The van der Waals surface area contributed by atoms with Gasteiger partial charge >= 0.3 is 0 Å². The lowest BCUT2D eigenvalue weighted by Crippen LogP contribution is -2.23. The fraction of sp³-hybridized carbons (Fsp3) is 0.250. The van der Waals surface area contributed by atoms with Gasteiger partial charge < -0.3 is 10.3 Å². The van der Waals surface area contributed by atoms with Gasteiger partial charge in [-0.15, -0.1) is 0 Å². The Balaban J connectivity index is 2.01. The Morgan fingerprint density at radius 3 is 2.77 bits per heavy atom. The summed E-state index contributed by atoms with van der Waals surface area (Å²) in [4.78, 5) is 25.4. The summed E-state index contributed by atoms with van der Waals surface area (Å²) < 4.78 is 1.72. The van der Waals surface area contributed by atoms with Crippen molar-refractivity contribution >= 4 is 27.9 Å². The van der Waals surface area contributed by atoms with Crippen molar-refractivity contribution in [3.8, 4) is 11.1 Å². The molecule has 4 rings (SSSR count). The van der Waals surface area contributed by atoms with Crippen LogP contribution in [0.25, 0.3) is 33.1 Å². The molecule has 0 saturated heterocycles. The highest BCUT2D eigenvalue weighted by molar-refractivity contribution is 5.88. The van der Waals surface area contributed by atoms with Gasteiger partial charge in [0.2, 0.25) is 5.95 Å². The molecule has 0 aliphatic rings. The summed E-state index contributed by atoms with van der Waals surface area (Å²) in [6, 6.07) is 9.96. The van der Waals surface area contributed by atoms with E-state index >= 15 is 0 Å². The van der Waals surface area contributed by atoms with Gasteiger partial charge in [-0.25, -0.2) is 4.98 Å². The largest absolute Gasteiger partial charge is 0.361 e. The Labute approximate surface area is 150 Å². The van der Waals surface area contributed by atoms with Crippen LogP contribution in [-0.4, -0.2) is 26.1 Å². The van der Waals surface area contributed by atoms with Gasteiger partial charge in [0, 0.05) is 35.8 Å². The summed E-state index contributed by atoms with van der Waals surface area (Å²) >= 11 is 0. The summed E-state index contributed by atoms with van der Waals surface area (Å²) in [5.74, 6) is 0.555. The molecule has 2 N–H and O–H groups in total. The fourth-order valence-corrected chi connectivity index (χ4v) is 3.34. The highest BCUT2D eigenvalue weighted by atomic mass is 16.1. The zero-order chi connectivity index (χ0) is 18.3. The van der Waals surface area contributed by atoms with E-state index in [0.29, 0.717) is 23.7 Å². The minimum absolute atomic E-state index is 0.0357. The first-order valence-corrected chi connectivity index (χ1v) is 8.86. The number of pyridine rings is 1. The first-order valence-electron chi connectivity index (χ1n) is 8.86. The number of nitrogens with zero attached hydrogens (tertiary/aromatic N) is 3. The number of aryl methyl sites for hydroxylation is 2. The normalized spacial score (nSPS) is 11.3. The number of anilines is 1. The maximum absolute atomic E-state index is 13.1. The lowest BCUT2D eigenvalue weighted by molar-refractivity contribution is 0.749. The van der Waals surface area contributed by atoms with E-state index in [-0.39, 0.29) is 5.56 Å². The maximum atomic E-state index is 13.1. The number of benzene rings is 1. The van der Waals surface area contributed by atoms with E-state index in [2.05, 4.69) is 20.3 Å². The van der Waals surface area contributed by atoms with Crippen molar-refractivity contribution in [3.63, 3.8) is 0 Å². The third-order valence-electron chi connectivity index (χ3n) is 4.65. The number of rotatable bonds is 4. The van der Waals surface area contributed by atoms with Crippen LogP contribution in [-0.2, 0) is 6.54 Å². The second-order valence-corrected chi connectivity index (χ2v) is 6.29. The molecule has 0 aliphatic carbocycles. The van der Waals surface area contributed by atoms with Crippen LogP contribution >= 0.6 is 0 Å². The van der Waals surface area contributed by atoms with E-state index < -0.39 is 0 Å². The lowest BCUT2D eigenvalue weighted by Gasteiger charge is -2.13. The SMILES string of the molecule is CCNc1nc(C)c2cc(-c3ccc4cc[nH]c4c3)c(=O)n(CC)c2n1. The number of hydrogen-bond donors (Lipinski definition) is 2. The summed E-state index contributed by atoms with van der Waals surface area (Å²) in [5, 5.41) is 5.16. The van der Waals surface area contributed by atoms with Crippen LogP contribution in [0, 0.1) is 6.92 Å². The molecule has 0 radical (unpaired) electrons. The molecule has 1 aromatic carbocycles. The Morgan fingerprint density at radius 2 is 2.00 bits per heavy atom. The molecule has 0 atom stereocenters. The fourth-order valence-electron chi connectivity index (χ4n) is 3.34. The first-order chi connectivity index (χ1) is 12.6. The van der Waals surface area contributed by atoms with E-state index in [9.17, 15) is 4.79 Å². The molecule has 4 aromatic rings. The third-order valence-corrected chi connectivity index (χ3v) is 4.65. The standard InChI is InChI=1S/C20H21N5O/c1-4-21-20-23-12(3)15-11-16(19(26)25(5-2)18(15)24-20)14-7-6-13-8-9-22-17(13)10-14/h6-11,22H,4-5H2,1-3H3,(H,21,23,24). The number of nitrogens with one attached hydrogen (secondary N) is 2. The molecule has 3 aromatic heterocycles. The number of aromatic nitrogens is 4. The molecule has 3 heterocycles. The number of fused-ring (bicyclic) bond motifs is 2. The zero-order valence-corrected chi connectivity index (χ0v) is 15.1. The molecule has 0 bridgehead atoms. The molecule has 6 nitrogen and oxygen atoms in total. The summed E-state index contributed by atoms with van der Waals surface area (Å²) in [6.07, 6.45) is 1.90. The Bertz CT molecular complexity index is 1170. The second-order valence-electron chi connectivity index (χ2n) is 6.29. The highest BCUT2D eigenvalue weighted by Gasteiger charge is 2.15. The van der Waals surface area contributed by atoms with E-state index in [1.807, 2.05) is 57.3 Å². The highest BCUT2D eigenvalue weighted by Crippen LogP contribution is 2.25. The van der Waals surface area contributed by atoms with Crippen LogP contribution in [0.2, 0.25) is 0 Å². The van der Waals surface area contributed by atoms with Gasteiger partial charge in [-0.05, 0) is 49.9 Å². The van der Waals surface area contributed by atoms with Crippen LogP contribution in [0.1, 0.15) is 19.5 Å². The molecule has 0 amide bonds. The van der Waals surface area contributed by atoms with E-state index in [4.69, 9.17) is 0 Å². The topological polar surface area (TPSA) is 75.6 Å². The quantitative estimate of drug-likeness (QED) is 0.590. The minimum Gasteiger partial charge on any atom is -0.361 e. The van der Waals surface area contributed by atoms with Gasteiger partial charge in [-0.3, -0.25) is 9.36 Å². The average Bonchev–Trinajstić information content (AvgIpc) is 3.09. The summed E-state index contributed by atoms with van der Waals surface area (Å²) in [7, 11) is 0. The third kappa shape index (κ3) is 2.54. The van der Waals surface area contributed by atoms with Gasteiger partial charge in [-0.2, -0.15) is 4.98 Å². The van der Waals surface area contributed by atoms with Crippen molar-refractivity contribution in [1.82, 2.24) is 19.5 Å². The van der Waals surface area contributed by atoms with Crippen molar-refractivity contribution in [1.29, 1.82) is 0 Å². The molecule has 0 unspecified atom stereocenters. The van der Waals surface area contributed by atoms with Crippen LogP contribution < -0.4 is 10.9 Å². The van der Waals surface area contributed by atoms with Crippen LogP contribution in [0.3, 0.4) is 0 Å². The van der Waals surface area contributed by atoms with E-state index in [1.54, 1.807) is 4.57 Å². The summed E-state index contributed by atoms with van der Waals surface area (Å²) in [6.45, 7) is 7.19. The van der Waals surface area contributed by atoms with E-state index in [0.717, 1.165) is 34.1 Å². The molecule has 0 spiro atoms. The molecule has 6 heteroatoms. The van der Waals surface area contributed by atoms with Crippen molar-refractivity contribution in [2.75, 3.05) is 11.9 Å².